The number of thiazole rings is 1. The van der Waals surface area contributed by atoms with Crippen molar-refractivity contribution in [1.29, 1.82) is 0 Å². The van der Waals surface area contributed by atoms with Crippen molar-refractivity contribution < 1.29 is 18.8 Å². The zero-order valence-corrected chi connectivity index (χ0v) is 28.6. The van der Waals surface area contributed by atoms with Crippen LogP contribution in [0.4, 0.5) is 15.2 Å². The molecule has 0 radical (unpaired) electrons. The molecule has 3 N–H and O–H groups in total. The number of benzene rings is 5. The number of halogens is 2. The van der Waals surface area contributed by atoms with E-state index in [0.29, 0.717) is 37.6 Å². The first-order valence-corrected chi connectivity index (χ1v) is 17.4. The Bertz CT molecular complexity index is 2160. The van der Waals surface area contributed by atoms with Gasteiger partial charge in [-0.05, 0) is 77.9 Å². The number of aromatic nitrogens is 1. The molecular weight excluding hydrogens is 691 g/mol. The summed E-state index contributed by atoms with van der Waals surface area (Å²) in [5, 5.41) is 10.5. The van der Waals surface area contributed by atoms with Gasteiger partial charge in [0.25, 0.3) is 11.8 Å². The molecule has 0 spiro atoms. The summed E-state index contributed by atoms with van der Waals surface area (Å²) in [6.45, 7) is 0. The van der Waals surface area contributed by atoms with Gasteiger partial charge in [0.2, 0.25) is 5.91 Å². The Morgan fingerprint density at radius 1 is 0.800 bits per heavy atom. The summed E-state index contributed by atoms with van der Waals surface area (Å²) in [5.74, 6) is -1.64. The smallest absolute Gasteiger partial charge is 0.272 e. The third-order valence-electron chi connectivity index (χ3n) is 7.29. The van der Waals surface area contributed by atoms with Crippen molar-refractivity contribution in [2.24, 2.45) is 0 Å². The molecule has 11 heteroatoms. The first-order chi connectivity index (χ1) is 24.3. The molecule has 6 aromatic rings. The Hall–Kier alpha value is -5.55. The molecule has 0 saturated heterocycles. The van der Waals surface area contributed by atoms with Gasteiger partial charge in [0.1, 0.15) is 16.8 Å². The molecule has 0 aliphatic carbocycles. The standard InChI is InChI=1S/C39H28ClFN4O3S2/c40-32-17-8-7-14-28(32)22-33(43-36(46)27-12-5-2-6-13-27)37(47)42-30-15-9-16-31(23-30)50-35(26-10-3-1-4-11-26)38(48)45-39-44-34(24-49-39)25-18-20-29(41)21-19-25/h1-24,35H,(H,42,47)(H,43,46)(H,44,45,48)/b33-22+. The van der Waals surface area contributed by atoms with E-state index >= 15 is 0 Å². The van der Waals surface area contributed by atoms with Gasteiger partial charge in [-0.3, -0.25) is 14.4 Å². The maximum atomic E-state index is 13.7. The average molecular weight is 719 g/mol. The van der Waals surface area contributed by atoms with Crippen molar-refractivity contribution in [2.45, 2.75) is 10.1 Å². The number of carbonyl (C=O) groups excluding carboxylic acids is 3. The molecule has 5 aromatic carbocycles. The quantitative estimate of drug-likeness (QED) is 0.0916. The number of hydrogen-bond donors (Lipinski definition) is 3. The summed E-state index contributed by atoms with van der Waals surface area (Å²) < 4.78 is 13.4. The Morgan fingerprint density at radius 3 is 2.24 bits per heavy atom. The third kappa shape index (κ3) is 8.91. The minimum atomic E-state index is -0.666. The summed E-state index contributed by atoms with van der Waals surface area (Å²) in [6.07, 6.45) is 1.52. The highest BCUT2D eigenvalue weighted by Gasteiger charge is 2.24. The monoisotopic (exact) mass is 718 g/mol. The van der Waals surface area contributed by atoms with Crippen LogP contribution in [0.3, 0.4) is 0 Å². The molecule has 0 aliphatic rings. The van der Waals surface area contributed by atoms with Crippen molar-refractivity contribution in [3.05, 3.63) is 172 Å². The van der Waals surface area contributed by atoms with Gasteiger partial charge < -0.3 is 16.0 Å². The minimum Gasteiger partial charge on any atom is -0.321 e. The van der Waals surface area contributed by atoms with Gasteiger partial charge in [-0.1, -0.05) is 84.4 Å². The molecule has 0 bridgehead atoms. The molecule has 3 amide bonds. The van der Waals surface area contributed by atoms with Gasteiger partial charge in [-0.25, -0.2) is 9.37 Å². The third-order valence-corrected chi connectivity index (χ3v) is 9.64. The van der Waals surface area contributed by atoms with Crippen LogP contribution in [-0.4, -0.2) is 22.7 Å². The molecule has 50 heavy (non-hydrogen) atoms. The van der Waals surface area contributed by atoms with Crippen molar-refractivity contribution in [3.8, 4) is 11.3 Å². The minimum absolute atomic E-state index is 0.00463. The fourth-order valence-corrected chi connectivity index (χ4v) is 6.82. The lowest BCUT2D eigenvalue weighted by atomic mass is 10.1. The fraction of sp³-hybridized carbons (Fsp3) is 0.0256. The van der Waals surface area contributed by atoms with E-state index < -0.39 is 17.1 Å². The zero-order valence-electron chi connectivity index (χ0n) is 26.2. The van der Waals surface area contributed by atoms with Gasteiger partial charge in [-0.15, -0.1) is 23.1 Å². The second-order valence-corrected chi connectivity index (χ2v) is 13.3. The van der Waals surface area contributed by atoms with E-state index in [9.17, 15) is 18.8 Å². The summed E-state index contributed by atoms with van der Waals surface area (Å²) >= 11 is 8.96. The molecule has 0 fully saturated rings. The number of rotatable bonds is 11. The van der Waals surface area contributed by atoms with Crippen LogP contribution in [0.1, 0.15) is 26.7 Å². The second kappa shape index (κ2) is 16.2. The van der Waals surface area contributed by atoms with Crippen molar-refractivity contribution in [2.75, 3.05) is 10.6 Å². The van der Waals surface area contributed by atoms with Crippen molar-refractivity contribution in [3.63, 3.8) is 0 Å². The van der Waals surface area contributed by atoms with Crippen molar-refractivity contribution in [1.82, 2.24) is 10.3 Å². The summed E-state index contributed by atoms with van der Waals surface area (Å²) in [6, 6.07) is 38.0. The van der Waals surface area contributed by atoms with Crippen LogP contribution in [0.2, 0.25) is 5.02 Å². The predicted molar refractivity (Wildman–Crippen MR) is 200 cm³/mol. The Kier molecular flexibility index (Phi) is 11.1. The topological polar surface area (TPSA) is 100 Å². The molecule has 0 aliphatic heterocycles. The average Bonchev–Trinajstić information content (AvgIpc) is 3.60. The summed E-state index contributed by atoms with van der Waals surface area (Å²) in [4.78, 5) is 45.7. The van der Waals surface area contributed by atoms with Crippen LogP contribution in [0, 0.1) is 5.82 Å². The highest BCUT2D eigenvalue weighted by atomic mass is 35.5. The van der Waals surface area contributed by atoms with Crippen LogP contribution in [0.5, 0.6) is 0 Å². The highest BCUT2D eigenvalue weighted by Crippen LogP contribution is 2.38. The lowest BCUT2D eigenvalue weighted by Gasteiger charge is -2.17. The Morgan fingerprint density at radius 2 is 1.50 bits per heavy atom. The summed E-state index contributed by atoms with van der Waals surface area (Å²) in [5.41, 5.74) is 3.52. The van der Waals surface area contributed by atoms with Crippen LogP contribution >= 0.6 is 34.7 Å². The van der Waals surface area contributed by atoms with Gasteiger partial charge in [0.15, 0.2) is 5.13 Å². The van der Waals surface area contributed by atoms with E-state index in [1.165, 1.54) is 41.3 Å². The lowest BCUT2D eigenvalue weighted by Crippen LogP contribution is -2.30. The lowest BCUT2D eigenvalue weighted by molar-refractivity contribution is -0.116. The number of anilines is 2. The highest BCUT2D eigenvalue weighted by molar-refractivity contribution is 8.00. The normalized spacial score (nSPS) is 11.8. The van der Waals surface area contributed by atoms with Gasteiger partial charge >= 0.3 is 0 Å². The van der Waals surface area contributed by atoms with E-state index in [-0.39, 0.29) is 17.4 Å². The number of hydrogen-bond acceptors (Lipinski definition) is 6. The largest absolute Gasteiger partial charge is 0.321 e. The second-order valence-electron chi connectivity index (χ2n) is 10.8. The molecule has 248 valence electrons. The number of nitrogens with zero attached hydrogens (tertiary/aromatic N) is 1. The van der Waals surface area contributed by atoms with Crippen LogP contribution in [0.25, 0.3) is 17.3 Å². The molecular formula is C39H28ClFN4O3S2. The number of thioether (sulfide) groups is 1. The predicted octanol–water partition coefficient (Wildman–Crippen LogP) is 9.48. The summed E-state index contributed by atoms with van der Waals surface area (Å²) in [7, 11) is 0. The first kappa shape index (κ1) is 34.3. The van der Waals surface area contributed by atoms with Crippen LogP contribution < -0.4 is 16.0 Å². The molecule has 1 unspecified atom stereocenters. The van der Waals surface area contributed by atoms with Gasteiger partial charge in [0.05, 0.1) is 5.69 Å². The van der Waals surface area contributed by atoms with Crippen LogP contribution in [-0.2, 0) is 9.59 Å². The SMILES string of the molecule is O=C(Nc1cccc(SC(C(=O)Nc2nc(-c3ccc(F)cc3)cs2)c2ccccc2)c1)/C(=C\c1ccccc1Cl)NC(=O)c1ccccc1. The van der Waals surface area contributed by atoms with E-state index in [1.54, 1.807) is 90.3 Å². The fourth-order valence-electron chi connectivity index (χ4n) is 4.83. The molecule has 1 atom stereocenters. The van der Waals surface area contributed by atoms with Crippen LogP contribution in [0.15, 0.2) is 149 Å². The van der Waals surface area contributed by atoms with E-state index in [4.69, 9.17) is 11.6 Å². The molecule has 7 nitrogen and oxygen atoms in total. The van der Waals surface area contributed by atoms with Crippen molar-refractivity contribution >= 4 is 69.3 Å². The molecule has 1 aromatic heterocycles. The Balaban J connectivity index is 1.21. The van der Waals surface area contributed by atoms with Gasteiger partial charge in [0, 0.05) is 32.1 Å². The first-order valence-electron chi connectivity index (χ1n) is 15.3. The van der Waals surface area contributed by atoms with Gasteiger partial charge in [-0.2, -0.15) is 0 Å². The molecule has 1 heterocycles. The van der Waals surface area contributed by atoms with E-state index in [0.717, 1.165) is 11.1 Å². The maximum absolute atomic E-state index is 13.7. The number of carbonyl (C=O) groups is 3. The molecule has 6 rings (SSSR count). The number of amides is 3. The molecule has 0 saturated carbocycles. The zero-order chi connectivity index (χ0) is 34.9. The van der Waals surface area contributed by atoms with E-state index in [2.05, 4.69) is 20.9 Å². The van der Waals surface area contributed by atoms with E-state index in [1.807, 2.05) is 36.4 Å². The maximum Gasteiger partial charge on any atom is 0.272 e. The Labute approximate surface area is 301 Å². The number of nitrogens with one attached hydrogen (secondary N) is 3.